The summed E-state index contributed by atoms with van der Waals surface area (Å²) in [5, 5.41) is 5.08. The maximum absolute atomic E-state index is 14.7. The van der Waals surface area contributed by atoms with Crippen LogP contribution in [-0.4, -0.2) is 36.9 Å². The monoisotopic (exact) mass is 441 g/mol. The lowest BCUT2D eigenvalue weighted by Gasteiger charge is -2.41. The SMILES string of the molecule is Cc1cc(C)cc(CC(=O)NC2CN(c3cc(F)c(C4CCC(=O)NC4=O)c(F)c3)C2)c1. The average molecular weight is 441 g/mol. The van der Waals surface area contributed by atoms with E-state index in [1.54, 1.807) is 4.90 Å². The summed E-state index contributed by atoms with van der Waals surface area (Å²) < 4.78 is 29.4. The number of rotatable bonds is 5. The predicted octanol–water partition coefficient (Wildman–Crippen LogP) is 2.65. The first-order valence-corrected chi connectivity index (χ1v) is 10.6. The Morgan fingerprint density at radius 2 is 1.69 bits per heavy atom. The van der Waals surface area contributed by atoms with Crippen molar-refractivity contribution in [1.29, 1.82) is 0 Å². The van der Waals surface area contributed by atoms with E-state index in [0.29, 0.717) is 18.8 Å². The van der Waals surface area contributed by atoms with Gasteiger partial charge in [-0.25, -0.2) is 8.78 Å². The number of hydrogen-bond acceptors (Lipinski definition) is 4. The summed E-state index contributed by atoms with van der Waals surface area (Å²) in [5.74, 6) is -3.84. The van der Waals surface area contributed by atoms with Gasteiger partial charge in [0, 0.05) is 30.8 Å². The zero-order chi connectivity index (χ0) is 23.0. The number of piperidine rings is 1. The minimum atomic E-state index is -1.02. The summed E-state index contributed by atoms with van der Waals surface area (Å²) in [5.41, 5.74) is 3.21. The molecule has 2 aliphatic rings. The van der Waals surface area contributed by atoms with Gasteiger partial charge in [0.05, 0.1) is 18.4 Å². The van der Waals surface area contributed by atoms with E-state index in [2.05, 4.69) is 16.7 Å². The standard InChI is InChI=1S/C24H25F2N3O3/c1-13-5-14(2)7-15(6-13)8-22(31)27-16-11-29(12-16)17-9-19(25)23(20(26)10-17)18-3-4-21(30)28-24(18)32/h5-7,9-10,16,18H,3-4,8,11-12H2,1-2H3,(H,27,31)(H,28,30,32). The van der Waals surface area contributed by atoms with Crippen LogP contribution in [0.1, 0.15) is 41.0 Å². The number of hydrogen-bond donors (Lipinski definition) is 2. The van der Waals surface area contributed by atoms with Gasteiger partial charge in [-0.05, 0) is 38.0 Å². The molecule has 2 fully saturated rings. The number of amides is 3. The Morgan fingerprint density at radius 1 is 1.06 bits per heavy atom. The van der Waals surface area contributed by atoms with Crippen LogP contribution in [0.15, 0.2) is 30.3 Å². The molecule has 2 saturated heterocycles. The molecule has 2 N–H and O–H groups in total. The van der Waals surface area contributed by atoms with Crippen molar-refractivity contribution in [3.05, 3.63) is 64.2 Å². The van der Waals surface area contributed by atoms with E-state index in [0.717, 1.165) is 16.7 Å². The van der Waals surface area contributed by atoms with Gasteiger partial charge in [-0.3, -0.25) is 19.7 Å². The summed E-state index contributed by atoms with van der Waals surface area (Å²) in [6.07, 6.45) is 0.408. The Morgan fingerprint density at radius 3 is 2.28 bits per heavy atom. The number of halogens is 2. The minimum Gasteiger partial charge on any atom is -0.367 e. The van der Waals surface area contributed by atoms with E-state index in [4.69, 9.17) is 0 Å². The molecule has 0 spiro atoms. The van der Waals surface area contributed by atoms with E-state index in [1.165, 1.54) is 12.1 Å². The molecule has 3 amide bonds. The maximum atomic E-state index is 14.7. The van der Waals surface area contributed by atoms with Crippen LogP contribution in [0.3, 0.4) is 0 Å². The first-order chi connectivity index (χ1) is 15.2. The number of imide groups is 1. The van der Waals surface area contributed by atoms with Gasteiger partial charge in [0.1, 0.15) is 11.6 Å². The fraction of sp³-hybridized carbons (Fsp3) is 0.375. The Labute approximate surface area is 185 Å². The summed E-state index contributed by atoms with van der Waals surface area (Å²) in [7, 11) is 0. The normalized spacial score (nSPS) is 18.9. The smallest absolute Gasteiger partial charge is 0.234 e. The largest absolute Gasteiger partial charge is 0.367 e. The molecule has 1 unspecified atom stereocenters. The molecule has 2 heterocycles. The maximum Gasteiger partial charge on any atom is 0.234 e. The summed E-state index contributed by atoms with van der Waals surface area (Å²) in [4.78, 5) is 37.4. The van der Waals surface area contributed by atoms with Crippen LogP contribution < -0.4 is 15.5 Å². The van der Waals surface area contributed by atoms with Crippen LogP contribution in [0.25, 0.3) is 0 Å². The zero-order valence-electron chi connectivity index (χ0n) is 18.0. The van der Waals surface area contributed by atoms with Gasteiger partial charge in [-0.1, -0.05) is 29.3 Å². The number of aryl methyl sites for hydroxylation is 2. The van der Waals surface area contributed by atoms with Crippen molar-refractivity contribution >= 4 is 23.4 Å². The highest BCUT2D eigenvalue weighted by atomic mass is 19.1. The van der Waals surface area contributed by atoms with Crippen LogP contribution in [0.2, 0.25) is 0 Å². The van der Waals surface area contributed by atoms with Crippen molar-refractivity contribution in [3.8, 4) is 0 Å². The van der Waals surface area contributed by atoms with Gasteiger partial charge in [0.15, 0.2) is 0 Å². The van der Waals surface area contributed by atoms with Gasteiger partial charge in [0.25, 0.3) is 0 Å². The van der Waals surface area contributed by atoms with Crippen LogP contribution in [0, 0.1) is 25.5 Å². The molecule has 0 bridgehead atoms. The molecular weight excluding hydrogens is 416 g/mol. The number of nitrogens with one attached hydrogen (secondary N) is 2. The van der Waals surface area contributed by atoms with E-state index in [-0.39, 0.29) is 36.8 Å². The molecule has 168 valence electrons. The molecule has 2 aromatic rings. The zero-order valence-corrected chi connectivity index (χ0v) is 18.0. The van der Waals surface area contributed by atoms with Gasteiger partial charge in [-0.15, -0.1) is 0 Å². The molecule has 4 rings (SSSR count). The van der Waals surface area contributed by atoms with Crippen LogP contribution in [-0.2, 0) is 20.8 Å². The van der Waals surface area contributed by atoms with Crippen molar-refractivity contribution in [3.63, 3.8) is 0 Å². The fourth-order valence-electron chi connectivity index (χ4n) is 4.47. The first kappa shape index (κ1) is 21.9. The van der Waals surface area contributed by atoms with Crippen molar-refractivity contribution in [1.82, 2.24) is 10.6 Å². The highest BCUT2D eigenvalue weighted by Gasteiger charge is 2.34. The van der Waals surface area contributed by atoms with Crippen molar-refractivity contribution < 1.29 is 23.2 Å². The van der Waals surface area contributed by atoms with Crippen LogP contribution in [0.4, 0.5) is 14.5 Å². The number of nitrogens with zero attached hydrogens (tertiary/aromatic N) is 1. The molecule has 1 atom stereocenters. The third-order valence-corrected chi connectivity index (χ3v) is 5.91. The highest BCUT2D eigenvalue weighted by molar-refractivity contribution is 6.01. The summed E-state index contributed by atoms with van der Waals surface area (Å²) in [6.45, 7) is 4.86. The van der Waals surface area contributed by atoms with Gasteiger partial charge in [0.2, 0.25) is 17.7 Å². The van der Waals surface area contributed by atoms with E-state index in [1.807, 2.05) is 26.0 Å². The quantitative estimate of drug-likeness (QED) is 0.700. The fourth-order valence-corrected chi connectivity index (χ4v) is 4.47. The molecule has 6 nitrogen and oxygen atoms in total. The summed E-state index contributed by atoms with van der Waals surface area (Å²) in [6, 6.07) is 8.32. The van der Waals surface area contributed by atoms with E-state index >= 15 is 0 Å². The van der Waals surface area contributed by atoms with Gasteiger partial charge in [-0.2, -0.15) is 0 Å². The first-order valence-electron chi connectivity index (χ1n) is 10.6. The third-order valence-electron chi connectivity index (χ3n) is 5.91. The van der Waals surface area contributed by atoms with Crippen molar-refractivity contribution in [2.75, 3.05) is 18.0 Å². The predicted molar refractivity (Wildman–Crippen MR) is 115 cm³/mol. The lowest BCUT2D eigenvalue weighted by Crippen LogP contribution is -2.59. The second-order valence-corrected chi connectivity index (χ2v) is 8.67. The lowest BCUT2D eigenvalue weighted by atomic mass is 9.89. The number of carbonyl (C=O) groups is 3. The topological polar surface area (TPSA) is 78.5 Å². The molecule has 0 aliphatic carbocycles. The third kappa shape index (κ3) is 4.64. The van der Waals surface area contributed by atoms with Crippen LogP contribution in [0.5, 0.6) is 0 Å². The molecular formula is C24H25F2N3O3. The van der Waals surface area contributed by atoms with E-state index in [9.17, 15) is 23.2 Å². The Bertz CT molecular complexity index is 1050. The number of anilines is 1. The Hall–Kier alpha value is -3.29. The number of carbonyl (C=O) groups excluding carboxylic acids is 3. The van der Waals surface area contributed by atoms with E-state index < -0.39 is 29.4 Å². The summed E-state index contributed by atoms with van der Waals surface area (Å²) >= 11 is 0. The Balaban J connectivity index is 1.36. The second kappa shape index (κ2) is 8.68. The van der Waals surface area contributed by atoms with Crippen molar-refractivity contribution in [2.24, 2.45) is 0 Å². The molecule has 2 aliphatic heterocycles. The molecule has 0 saturated carbocycles. The van der Waals surface area contributed by atoms with Gasteiger partial charge >= 0.3 is 0 Å². The molecule has 2 aromatic carbocycles. The van der Waals surface area contributed by atoms with Crippen molar-refractivity contribution in [2.45, 2.75) is 45.1 Å². The average Bonchev–Trinajstić information content (AvgIpc) is 2.64. The highest BCUT2D eigenvalue weighted by Crippen LogP contribution is 2.33. The minimum absolute atomic E-state index is 0.0483. The van der Waals surface area contributed by atoms with Crippen LogP contribution >= 0.6 is 0 Å². The molecule has 0 aromatic heterocycles. The molecule has 0 radical (unpaired) electrons. The number of benzene rings is 2. The van der Waals surface area contributed by atoms with Gasteiger partial charge < -0.3 is 10.2 Å². The Kier molecular flexibility index (Phi) is 5.95. The lowest BCUT2D eigenvalue weighted by molar-refractivity contribution is -0.134. The molecule has 32 heavy (non-hydrogen) atoms. The second-order valence-electron chi connectivity index (χ2n) is 8.67. The molecule has 8 heteroatoms.